The van der Waals surface area contributed by atoms with E-state index >= 15 is 0 Å². The fourth-order valence-corrected chi connectivity index (χ4v) is 5.04. The quantitative estimate of drug-likeness (QED) is 0.555. The topological polar surface area (TPSA) is 54.4 Å². The SMILES string of the molecule is CC1C(C)(C)c2ccc(C(=O)c3ccc4cc(CC(=O)O)ccc4c3)cc2C1(C)C. The van der Waals surface area contributed by atoms with Gasteiger partial charge >= 0.3 is 5.97 Å². The number of hydrogen-bond donors (Lipinski definition) is 1. The first kappa shape index (κ1) is 20.3. The van der Waals surface area contributed by atoms with Crippen molar-refractivity contribution in [3.8, 4) is 0 Å². The molecule has 0 fully saturated rings. The van der Waals surface area contributed by atoms with Gasteiger partial charge in [-0.3, -0.25) is 9.59 Å². The predicted molar refractivity (Wildman–Crippen MR) is 120 cm³/mol. The minimum Gasteiger partial charge on any atom is -0.481 e. The number of fused-ring (bicyclic) bond motifs is 2. The molecule has 3 aromatic rings. The van der Waals surface area contributed by atoms with Crippen molar-refractivity contribution in [2.75, 3.05) is 0 Å². The first-order valence-electron chi connectivity index (χ1n) is 10.5. The van der Waals surface area contributed by atoms with Gasteiger partial charge in [0.15, 0.2) is 5.78 Å². The molecule has 154 valence electrons. The van der Waals surface area contributed by atoms with Crippen LogP contribution in [0, 0.1) is 5.92 Å². The monoisotopic (exact) mass is 400 g/mol. The van der Waals surface area contributed by atoms with Crippen LogP contribution in [0.1, 0.15) is 67.2 Å². The van der Waals surface area contributed by atoms with Gasteiger partial charge in [0.2, 0.25) is 0 Å². The van der Waals surface area contributed by atoms with Gasteiger partial charge in [-0.15, -0.1) is 0 Å². The highest BCUT2D eigenvalue weighted by Crippen LogP contribution is 2.53. The molecular formula is C27H28O3. The van der Waals surface area contributed by atoms with Gasteiger partial charge in [0.25, 0.3) is 0 Å². The molecule has 1 unspecified atom stereocenters. The molecule has 1 aliphatic carbocycles. The van der Waals surface area contributed by atoms with Gasteiger partial charge in [0.1, 0.15) is 0 Å². The summed E-state index contributed by atoms with van der Waals surface area (Å²) >= 11 is 0. The largest absolute Gasteiger partial charge is 0.481 e. The lowest BCUT2D eigenvalue weighted by molar-refractivity contribution is -0.136. The molecule has 0 spiro atoms. The third kappa shape index (κ3) is 3.13. The van der Waals surface area contributed by atoms with E-state index in [1.54, 1.807) is 0 Å². The van der Waals surface area contributed by atoms with Crippen molar-refractivity contribution in [3.63, 3.8) is 0 Å². The molecule has 30 heavy (non-hydrogen) atoms. The second kappa shape index (κ2) is 6.80. The van der Waals surface area contributed by atoms with E-state index < -0.39 is 5.97 Å². The van der Waals surface area contributed by atoms with Crippen LogP contribution in [0.2, 0.25) is 0 Å². The number of carboxylic acid groups (broad SMARTS) is 1. The number of benzene rings is 3. The number of ketones is 1. The molecule has 0 aromatic heterocycles. The Kier molecular flexibility index (Phi) is 4.61. The smallest absolute Gasteiger partial charge is 0.307 e. The molecule has 3 heteroatoms. The molecule has 0 radical (unpaired) electrons. The number of carbonyl (C=O) groups excluding carboxylic acids is 1. The molecular weight excluding hydrogens is 372 g/mol. The Balaban J connectivity index is 1.71. The molecule has 3 aromatic carbocycles. The van der Waals surface area contributed by atoms with E-state index in [2.05, 4.69) is 46.8 Å². The van der Waals surface area contributed by atoms with Crippen molar-refractivity contribution < 1.29 is 14.7 Å². The van der Waals surface area contributed by atoms with E-state index in [1.807, 2.05) is 42.5 Å². The van der Waals surface area contributed by atoms with Crippen LogP contribution in [0.5, 0.6) is 0 Å². The minimum atomic E-state index is -0.849. The minimum absolute atomic E-state index is 0.00367. The van der Waals surface area contributed by atoms with E-state index in [9.17, 15) is 9.59 Å². The zero-order valence-corrected chi connectivity index (χ0v) is 18.2. The summed E-state index contributed by atoms with van der Waals surface area (Å²) in [6.07, 6.45) is -0.00367. The van der Waals surface area contributed by atoms with E-state index in [0.717, 1.165) is 16.3 Å². The van der Waals surface area contributed by atoms with Crippen LogP contribution in [0.4, 0.5) is 0 Å². The second-order valence-electron chi connectivity index (χ2n) is 9.72. The Bertz CT molecular complexity index is 1180. The van der Waals surface area contributed by atoms with Crippen molar-refractivity contribution in [3.05, 3.63) is 82.4 Å². The average Bonchev–Trinajstić information content (AvgIpc) is 2.83. The summed E-state index contributed by atoms with van der Waals surface area (Å²) < 4.78 is 0. The number of aliphatic carboxylic acids is 1. The molecule has 0 saturated carbocycles. The van der Waals surface area contributed by atoms with Gasteiger partial charge < -0.3 is 5.11 Å². The van der Waals surface area contributed by atoms with Crippen LogP contribution >= 0.6 is 0 Å². The number of rotatable bonds is 4. The highest BCUT2D eigenvalue weighted by Gasteiger charge is 2.48. The molecule has 0 amide bonds. The van der Waals surface area contributed by atoms with Gasteiger partial charge in [0.05, 0.1) is 6.42 Å². The molecule has 1 atom stereocenters. The van der Waals surface area contributed by atoms with E-state index in [1.165, 1.54) is 11.1 Å². The van der Waals surface area contributed by atoms with Crippen LogP contribution in [0.3, 0.4) is 0 Å². The lowest BCUT2D eigenvalue weighted by Gasteiger charge is -2.32. The zero-order chi connectivity index (χ0) is 21.8. The maximum absolute atomic E-state index is 13.3. The molecule has 1 aliphatic rings. The summed E-state index contributed by atoms with van der Waals surface area (Å²) in [5, 5.41) is 10.9. The summed E-state index contributed by atoms with van der Waals surface area (Å²) in [5.74, 6) is -0.355. The van der Waals surface area contributed by atoms with Gasteiger partial charge in [-0.25, -0.2) is 0 Å². The zero-order valence-electron chi connectivity index (χ0n) is 18.2. The van der Waals surface area contributed by atoms with Crippen LogP contribution in [0.15, 0.2) is 54.6 Å². The molecule has 1 N–H and O–H groups in total. The van der Waals surface area contributed by atoms with E-state index in [-0.39, 0.29) is 23.0 Å². The lowest BCUT2D eigenvalue weighted by atomic mass is 9.71. The molecule has 0 heterocycles. The molecule has 0 aliphatic heterocycles. The fourth-order valence-electron chi connectivity index (χ4n) is 5.04. The summed E-state index contributed by atoms with van der Waals surface area (Å²) in [4.78, 5) is 24.2. The molecule has 3 nitrogen and oxygen atoms in total. The maximum Gasteiger partial charge on any atom is 0.307 e. The summed E-state index contributed by atoms with van der Waals surface area (Å²) in [5.41, 5.74) is 4.82. The summed E-state index contributed by atoms with van der Waals surface area (Å²) in [6, 6.07) is 17.4. The van der Waals surface area contributed by atoms with Gasteiger partial charge in [-0.1, -0.05) is 77.1 Å². The predicted octanol–water partition coefficient (Wildman–Crippen LogP) is 5.90. The highest BCUT2D eigenvalue weighted by atomic mass is 16.4. The van der Waals surface area contributed by atoms with Crippen LogP contribution in [0.25, 0.3) is 10.8 Å². The number of hydrogen-bond acceptors (Lipinski definition) is 2. The standard InChI is InChI=1S/C27H28O3/c1-16-26(2,3)22-11-10-21(15-23(22)27(16,4)5)25(30)20-9-8-18-12-17(13-24(28)29)6-7-19(18)14-20/h6-12,14-16H,13H2,1-5H3,(H,28,29). The summed E-state index contributed by atoms with van der Waals surface area (Å²) in [7, 11) is 0. The fraction of sp³-hybridized carbons (Fsp3) is 0.333. The molecule has 0 bridgehead atoms. The van der Waals surface area contributed by atoms with Crippen LogP contribution in [-0.4, -0.2) is 16.9 Å². The number of carbonyl (C=O) groups is 2. The first-order chi connectivity index (χ1) is 14.0. The second-order valence-corrected chi connectivity index (χ2v) is 9.72. The summed E-state index contributed by atoms with van der Waals surface area (Å²) in [6.45, 7) is 11.4. The van der Waals surface area contributed by atoms with E-state index in [4.69, 9.17) is 5.11 Å². The highest BCUT2D eigenvalue weighted by molar-refractivity contribution is 6.11. The lowest BCUT2D eigenvalue weighted by Crippen LogP contribution is -2.30. The molecule has 4 rings (SSSR count). The Morgan fingerprint density at radius 2 is 1.37 bits per heavy atom. The van der Waals surface area contributed by atoms with Crippen molar-refractivity contribution in [2.45, 2.75) is 51.9 Å². The molecule has 0 saturated heterocycles. The van der Waals surface area contributed by atoms with E-state index in [0.29, 0.717) is 17.0 Å². The Morgan fingerprint density at radius 1 is 0.800 bits per heavy atom. The first-order valence-corrected chi connectivity index (χ1v) is 10.5. The Morgan fingerprint density at radius 3 is 2.07 bits per heavy atom. The van der Waals surface area contributed by atoms with Gasteiger partial charge in [-0.05, 0) is 56.3 Å². The number of carboxylic acids is 1. The Labute approximate surface area is 177 Å². The van der Waals surface area contributed by atoms with Crippen LogP contribution in [-0.2, 0) is 22.0 Å². The third-order valence-electron chi connectivity index (χ3n) is 7.36. The van der Waals surface area contributed by atoms with Crippen molar-refractivity contribution in [2.24, 2.45) is 5.92 Å². The average molecular weight is 401 g/mol. The normalized spacial score (nSPS) is 18.9. The van der Waals surface area contributed by atoms with Crippen LogP contribution < -0.4 is 0 Å². The Hall–Kier alpha value is -2.94. The van der Waals surface area contributed by atoms with Gasteiger partial charge in [0, 0.05) is 11.1 Å². The third-order valence-corrected chi connectivity index (χ3v) is 7.36. The van der Waals surface area contributed by atoms with Crippen molar-refractivity contribution in [1.29, 1.82) is 0 Å². The van der Waals surface area contributed by atoms with Crippen molar-refractivity contribution in [1.82, 2.24) is 0 Å². The van der Waals surface area contributed by atoms with Gasteiger partial charge in [-0.2, -0.15) is 0 Å². The van der Waals surface area contributed by atoms with Crippen molar-refractivity contribution >= 4 is 22.5 Å². The maximum atomic E-state index is 13.3.